The molecule has 104 valence electrons. The molecular formula is C15H17N3O2. The average Bonchev–Trinajstić information content (AvgIpc) is 2.93. The van der Waals surface area contributed by atoms with Gasteiger partial charge >= 0.3 is 0 Å². The number of carbonyl (C=O) groups excluding carboxylic acids is 1. The lowest BCUT2D eigenvalue weighted by Gasteiger charge is -2.16. The third-order valence-electron chi connectivity index (χ3n) is 3.21. The molecule has 1 aliphatic rings. The van der Waals surface area contributed by atoms with Crippen molar-refractivity contribution in [2.24, 2.45) is 0 Å². The first kappa shape index (κ1) is 14.1. The second-order valence-corrected chi connectivity index (χ2v) is 4.69. The summed E-state index contributed by atoms with van der Waals surface area (Å²) in [5, 5.41) is 8.83. The molecule has 20 heavy (non-hydrogen) atoms. The molecule has 0 spiro atoms. The number of carbonyl (C=O) groups is 1. The van der Waals surface area contributed by atoms with Crippen molar-refractivity contribution in [1.29, 1.82) is 5.26 Å². The van der Waals surface area contributed by atoms with Gasteiger partial charge in [0.25, 0.3) is 0 Å². The molecule has 1 aromatic rings. The summed E-state index contributed by atoms with van der Waals surface area (Å²) in [6.45, 7) is 4.90. The fourth-order valence-corrected chi connectivity index (χ4v) is 2.15. The fraction of sp³-hybridized carbons (Fsp3) is 0.400. The van der Waals surface area contributed by atoms with E-state index in [0.29, 0.717) is 37.4 Å². The van der Waals surface area contributed by atoms with Gasteiger partial charge in [-0.1, -0.05) is 6.08 Å². The van der Waals surface area contributed by atoms with Crippen molar-refractivity contribution in [2.45, 2.75) is 25.4 Å². The molecule has 0 radical (unpaired) electrons. The predicted molar refractivity (Wildman–Crippen MR) is 74.0 cm³/mol. The highest BCUT2D eigenvalue weighted by molar-refractivity contribution is 5.76. The minimum atomic E-state index is -0.0517. The molecule has 0 saturated carbocycles. The Morgan fingerprint density at radius 1 is 1.70 bits per heavy atom. The van der Waals surface area contributed by atoms with Crippen LogP contribution in [-0.2, 0) is 4.79 Å². The quantitative estimate of drug-likeness (QED) is 0.767. The predicted octanol–water partition coefficient (Wildman–Crippen LogP) is 1.90. The summed E-state index contributed by atoms with van der Waals surface area (Å²) in [4.78, 5) is 17.8. The van der Waals surface area contributed by atoms with Crippen molar-refractivity contribution < 1.29 is 9.53 Å². The SMILES string of the molecule is C=CCCC(=O)N1CCC(Oc2cc(C#N)ccn2)C1. The first-order valence-electron chi connectivity index (χ1n) is 6.64. The Labute approximate surface area is 118 Å². The number of rotatable bonds is 5. The Hall–Kier alpha value is -2.35. The van der Waals surface area contributed by atoms with Gasteiger partial charge < -0.3 is 9.64 Å². The molecule has 1 saturated heterocycles. The van der Waals surface area contributed by atoms with E-state index in [4.69, 9.17) is 10.00 Å². The number of hydrogen-bond acceptors (Lipinski definition) is 4. The van der Waals surface area contributed by atoms with Gasteiger partial charge in [-0.15, -0.1) is 6.58 Å². The minimum absolute atomic E-state index is 0.0517. The Morgan fingerprint density at radius 2 is 2.55 bits per heavy atom. The van der Waals surface area contributed by atoms with Gasteiger partial charge in [-0.05, 0) is 12.5 Å². The summed E-state index contributed by atoms with van der Waals surface area (Å²) in [5.74, 6) is 0.573. The van der Waals surface area contributed by atoms with E-state index in [1.165, 1.54) is 0 Å². The number of nitriles is 1. The zero-order valence-electron chi connectivity index (χ0n) is 11.3. The largest absolute Gasteiger partial charge is 0.472 e. The van der Waals surface area contributed by atoms with Crippen LogP contribution in [0.5, 0.6) is 5.88 Å². The number of ether oxygens (including phenoxy) is 1. The van der Waals surface area contributed by atoms with E-state index >= 15 is 0 Å². The van der Waals surface area contributed by atoms with Gasteiger partial charge in [-0.2, -0.15) is 5.26 Å². The second kappa shape index (κ2) is 6.71. The summed E-state index contributed by atoms with van der Waals surface area (Å²) in [6, 6.07) is 5.29. The molecule has 1 atom stereocenters. The molecule has 0 aromatic carbocycles. The van der Waals surface area contributed by atoms with Gasteiger partial charge in [0.15, 0.2) is 0 Å². The number of allylic oxidation sites excluding steroid dienone is 1. The molecular weight excluding hydrogens is 254 g/mol. The number of nitrogens with zero attached hydrogens (tertiary/aromatic N) is 3. The molecule has 0 aliphatic carbocycles. The zero-order valence-corrected chi connectivity index (χ0v) is 11.3. The van der Waals surface area contributed by atoms with Crippen LogP contribution < -0.4 is 4.74 Å². The van der Waals surface area contributed by atoms with Crippen molar-refractivity contribution in [2.75, 3.05) is 13.1 Å². The van der Waals surface area contributed by atoms with E-state index in [9.17, 15) is 4.79 Å². The summed E-state index contributed by atoms with van der Waals surface area (Å²) in [7, 11) is 0. The maximum absolute atomic E-state index is 11.9. The number of hydrogen-bond donors (Lipinski definition) is 0. The summed E-state index contributed by atoms with van der Waals surface area (Å²) >= 11 is 0. The van der Waals surface area contributed by atoms with Crippen LogP contribution in [0.2, 0.25) is 0 Å². The van der Waals surface area contributed by atoms with Crippen molar-refractivity contribution in [3.8, 4) is 11.9 Å². The molecule has 0 bridgehead atoms. The third kappa shape index (κ3) is 3.58. The van der Waals surface area contributed by atoms with E-state index in [1.807, 2.05) is 11.0 Å². The van der Waals surface area contributed by atoms with Crippen LogP contribution in [0.25, 0.3) is 0 Å². The average molecular weight is 271 g/mol. The lowest BCUT2D eigenvalue weighted by Crippen LogP contribution is -2.30. The number of amides is 1. The van der Waals surface area contributed by atoms with Crippen LogP contribution in [0.4, 0.5) is 0 Å². The third-order valence-corrected chi connectivity index (χ3v) is 3.21. The van der Waals surface area contributed by atoms with Crippen LogP contribution in [0.1, 0.15) is 24.8 Å². The Morgan fingerprint density at radius 3 is 3.30 bits per heavy atom. The van der Waals surface area contributed by atoms with Gasteiger partial charge in [0.2, 0.25) is 11.8 Å². The molecule has 5 nitrogen and oxygen atoms in total. The minimum Gasteiger partial charge on any atom is -0.472 e. The summed E-state index contributed by atoms with van der Waals surface area (Å²) in [6.07, 6.45) is 5.24. The normalized spacial score (nSPS) is 17.6. The number of pyridine rings is 1. The Balaban J connectivity index is 1.88. The number of likely N-dealkylation sites (tertiary alicyclic amines) is 1. The van der Waals surface area contributed by atoms with Crippen molar-refractivity contribution in [3.05, 3.63) is 36.5 Å². The van der Waals surface area contributed by atoms with E-state index < -0.39 is 0 Å². The highest BCUT2D eigenvalue weighted by atomic mass is 16.5. The van der Waals surface area contributed by atoms with Crippen LogP contribution in [0.3, 0.4) is 0 Å². The topological polar surface area (TPSA) is 66.2 Å². The first-order chi connectivity index (χ1) is 9.72. The molecule has 1 aliphatic heterocycles. The van der Waals surface area contributed by atoms with Gasteiger partial charge in [0, 0.05) is 31.6 Å². The maximum atomic E-state index is 11.9. The van der Waals surface area contributed by atoms with Crippen molar-refractivity contribution >= 4 is 5.91 Å². The molecule has 1 aromatic heterocycles. The van der Waals surface area contributed by atoms with Gasteiger partial charge in [-0.3, -0.25) is 4.79 Å². The molecule has 2 heterocycles. The van der Waals surface area contributed by atoms with E-state index in [1.54, 1.807) is 24.4 Å². The van der Waals surface area contributed by atoms with Crippen LogP contribution in [-0.4, -0.2) is 35.0 Å². The van der Waals surface area contributed by atoms with Crippen molar-refractivity contribution in [3.63, 3.8) is 0 Å². The van der Waals surface area contributed by atoms with Crippen LogP contribution >= 0.6 is 0 Å². The van der Waals surface area contributed by atoms with Gasteiger partial charge in [0.1, 0.15) is 6.10 Å². The Bertz CT molecular complexity index is 536. The standard InChI is InChI=1S/C15H17N3O2/c1-2-3-4-15(19)18-8-6-13(11-18)20-14-9-12(10-16)5-7-17-14/h2,5,7,9,13H,1,3-4,6,8,11H2. The van der Waals surface area contributed by atoms with Crippen LogP contribution in [0.15, 0.2) is 31.0 Å². The van der Waals surface area contributed by atoms with Gasteiger partial charge in [-0.25, -0.2) is 4.98 Å². The fourth-order valence-electron chi connectivity index (χ4n) is 2.15. The molecule has 2 rings (SSSR count). The second-order valence-electron chi connectivity index (χ2n) is 4.69. The molecule has 1 unspecified atom stereocenters. The van der Waals surface area contributed by atoms with E-state index in [2.05, 4.69) is 11.6 Å². The lowest BCUT2D eigenvalue weighted by atomic mass is 10.3. The molecule has 1 amide bonds. The van der Waals surface area contributed by atoms with E-state index in [-0.39, 0.29) is 12.0 Å². The highest BCUT2D eigenvalue weighted by Crippen LogP contribution is 2.18. The van der Waals surface area contributed by atoms with Gasteiger partial charge in [0.05, 0.1) is 18.2 Å². The Kier molecular flexibility index (Phi) is 4.72. The monoisotopic (exact) mass is 271 g/mol. The molecule has 5 heteroatoms. The number of aromatic nitrogens is 1. The van der Waals surface area contributed by atoms with E-state index in [0.717, 1.165) is 6.42 Å². The maximum Gasteiger partial charge on any atom is 0.223 e. The van der Waals surface area contributed by atoms with Crippen molar-refractivity contribution in [1.82, 2.24) is 9.88 Å². The molecule has 0 N–H and O–H groups in total. The highest BCUT2D eigenvalue weighted by Gasteiger charge is 2.27. The summed E-state index contributed by atoms with van der Waals surface area (Å²) < 4.78 is 5.73. The van der Waals surface area contributed by atoms with Crippen LogP contribution in [0, 0.1) is 11.3 Å². The molecule has 1 fully saturated rings. The summed E-state index contributed by atoms with van der Waals surface area (Å²) in [5.41, 5.74) is 0.520. The first-order valence-corrected chi connectivity index (χ1v) is 6.64. The smallest absolute Gasteiger partial charge is 0.223 e. The zero-order chi connectivity index (χ0) is 14.4. The lowest BCUT2D eigenvalue weighted by molar-refractivity contribution is -0.130.